The quantitative estimate of drug-likeness (QED) is 0.352. The maximum atomic E-state index is 13.5. The van der Waals surface area contributed by atoms with E-state index < -0.39 is 28.5 Å². The highest BCUT2D eigenvalue weighted by molar-refractivity contribution is 7.92. The van der Waals surface area contributed by atoms with Crippen molar-refractivity contribution < 1.29 is 22.7 Å². The van der Waals surface area contributed by atoms with Gasteiger partial charge in [-0.1, -0.05) is 55.5 Å². The van der Waals surface area contributed by atoms with Crippen LogP contribution in [0.5, 0.6) is 11.5 Å². The fourth-order valence-electron chi connectivity index (χ4n) is 3.88. The zero-order valence-corrected chi connectivity index (χ0v) is 22.9. The summed E-state index contributed by atoms with van der Waals surface area (Å²) in [5, 5.41) is 2.83. The highest BCUT2D eigenvalue weighted by Gasteiger charge is 2.29. The molecule has 0 aliphatic carbocycles. The molecule has 0 saturated heterocycles. The molecule has 0 heterocycles. The Hall–Kier alpha value is -3.85. The third kappa shape index (κ3) is 8.34. The molecule has 0 aliphatic heterocycles. The molecule has 38 heavy (non-hydrogen) atoms. The Morgan fingerprint density at radius 2 is 1.47 bits per heavy atom. The van der Waals surface area contributed by atoms with Crippen molar-refractivity contribution in [2.24, 2.45) is 0 Å². The maximum absolute atomic E-state index is 13.5. The number of nitrogens with one attached hydrogen (secondary N) is 1. The second-order valence-electron chi connectivity index (χ2n) is 8.97. The Kier molecular flexibility index (Phi) is 10.3. The molecule has 0 saturated carbocycles. The number of sulfonamides is 1. The van der Waals surface area contributed by atoms with E-state index in [9.17, 15) is 18.0 Å². The minimum atomic E-state index is -3.80. The van der Waals surface area contributed by atoms with Gasteiger partial charge in [0.1, 0.15) is 24.1 Å². The van der Waals surface area contributed by atoms with Crippen molar-refractivity contribution in [1.29, 1.82) is 0 Å². The Labute approximate surface area is 225 Å². The Bertz CT molecular complexity index is 1280. The molecule has 0 spiro atoms. The summed E-state index contributed by atoms with van der Waals surface area (Å²) in [6.45, 7) is 3.94. The number of rotatable bonds is 13. The first-order valence-corrected chi connectivity index (χ1v) is 14.5. The Morgan fingerprint density at radius 3 is 2.05 bits per heavy atom. The number of amides is 2. The average molecular weight is 538 g/mol. The van der Waals surface area contributed by atoms with E-state index in [-0.39, 0.29) is 12.5 Å². The second-order valence-corrected chi connectivity index (χ2v) is 10.9. The molecule has 2 amide bonds. The summed E-state index contributed by atoms with van der Waals surface area (Å²) in [6.07, 6.45) is 2.35. The first kappa shape index (κ1) is 28.7. The predicted molar refractivity (Wildman–Crippen MR) is 150 cm³/mol. The number of ether oxygens (including phenoxy) is 1. The fraction of sp³-hybridized carbons (Fsp3) is 0.310. The van der Waals surface area contributed by atoms with Gasteiger partial charge >= 0.3 is 0 Å². The lowest BCUT2D eigenvalue weighted by Gasteiger charge is -2.31. The summed E-state index contributed by atoms with van der Waals surface area (Å²) >= 11 is 0. The monoisotopic (exact) mass is 537 g/mol. The van der Waals surface area contributed by atoms with Gasteiger partial charge in [-0.2, -0.15) is 0 Å². The third-order valence-electron chi connectivity index (χ3n) is 5.98. The first-order valence-electron chi connectivity index (χ1n) is 12.6. The van der Waals surface area contributed by atoms with Crippen LogP contribution in [0.4, 0.5) is 5.69 Å². The van der Waals surface area contributed by atoms with E-state index in [1.165, 1.54) is 4.90 Å². The zero-order chi connectivity index (χ0) is 27.5. The van der Waals surface area contributed by atoms with Crippen LogP contribution in [0.2, 0.25) is 0 Å². The van der Waals surface area contributed by atoms with Crippen LogP contribution < -0.4 is 14.4 Å². The van der Waals surface area contributed by atoms with E-state index in [2.05, 4.69) is 5.32 Å². The van der Waals surface area contributed by atoms with Gasteiger partial charge in [-0.3, -0.25) is 13.9 Å². The molecule has 0 aliphatic rings. The smallest absolute Gasteiger partial charge is 0.244 e. The van der Waals surface area contributed by atoms with E-state index in [4.69, 9.17) is 4.74 Å². The predicted octanol–water partition coefficient (Wildman–Crippen LogP) is 4.23. The molecule has 0 unspecified atom stereocenters. The van der Waals surface area contributed by atoms with Crippen LogP contribution in [0.25, 0.3) is 0 Å². The minimum Gasteiger partial charge on any atom is -0.457 e. The summed E-state index contributed by atoms with van der Waals surface area (Å²) in [4.78, 5) is 27.7. The normalized spacial score (nSPS) is 11.9. The molecule has 3 aromatic rings. The lowest BCUT2D eigenvalue weighted by molar-refractivity contribution is -0.138. The maximum Gasteiger partial charge on any atom is 0.244 e. The number of para-hydroxylation sites is 1. The number of nitrogens with zero attached hydrogens (tertiary/aromatic N) is 2. The van der Waals surface area contributed by atoms with Gasteiger partial charge in [-0.25, -0.2) is 8.42 Å². The summed E-state index contributed by atoms with van der Waals surface area (Å²) in [5.74, 6) is 0.446. The molecule has 3 aromatic carbocycles. The van der Waals surface area contributed by atoms with Gasteiger partial charge in [-0.05, 0) is 61.7 Å². The molecule has 202 valence electrons. The fourth-order valence-corrected chi connectivity index (χ4v) is 4.73. The Balaban J connectivity index is 1.80. The van der Waals surface area contributed by atoms with Crippen molar-refractivity contribution in [2.75, 3.05) is 30.2 Å². The van der Waals surface area contributed by atoms with Gasteiger partial charge in [0, 0.05) is 13.1 Å². The van der Waals surface area contributed by atoms with Crippen LogP contribution in [0.3, 0.4) is 0 Å². The largest absolute Gasteiger partial charge is 0.457 e. The first-order chi connectivity index (χ1) is 18.2. The number of anilines is 1. The van der Waals surface area contributed by atoms with Crippen LogP contribution in [-0.4, -0.2) is 57.1 Å². The Morgan fingerprint density at radius 1 is 0.895 bits per heavy atom. The van der Waals surface area contributed by atoms with Crippen LogP contribution >= 0.6 is 0 Å². The minimum absolute atomic E-state index is 0.269. The summed E-state index contributed by atoms with van der Waals surface area (Å²) in [7, 11) is -3.80. The number of carbonyl (C=O) groups is 2. The molecule has 0 bridgehead atoms. The van der Waals surface area contributed by atoms with E-state index in [0.717, 1.165) is 22.5 Å². The standard InChI is InChI=1S/C29H35N3O5S/c1-4-20-30-29(34)23(2)31(21-19-24-11-7-5-8-12-24)28(33)22-32(38(3,35)36)25-15-17-27(18-16-25)37-26-13-9-6-10-14-26/h5-18,23H,4,19-22H2,1-3H3,(H,30,34)/t23-/m1/s1. The van der Waals surface area contributed by atoms with Gasteiger partial charge in [0.2, 0.25) is 21.8 Å². The van der Waals surface area contributed by atoms with Gasteiger partial charge in [0.05, 0.1) is 11.9 Å². The van der Waals surface area contributed by atoms with Gasteiger partial charge in [0.15, 0.2) is 0 Å². The topological polar surface area (TPSA) is 96.0 Å². The number of benzene rings is 3. The van der Waals surface area contributed by atoms with E-state index >= 15 is 0 Å². The summed E-state index contributed by atoms with van der Waals surface area (Å²) < 4.78 is 32.3. The second kappa shape index (κ2) is 13.6. The molecule has 0 fully saturated rings. The van der Waals surface area contributed by atoms with Crippen LogP contribution in [0.15, 0.2) is 84.9 Å². The molecule has 1 N–H and O–H groups in total. The molecule has 9 heteroatoms. The van der Waals surface area contributed by atoms with Crippen LogP contribution in [0, 0.1) is 0 Å². The van der Waals surface area contributed by atoms with Crippen molar-refractivity contribution in [2.45, 2.75) is 32.7 Å². The molecule has 8 nitrogen and oxygen atoms in total. The summed E-state index contributed by atoms with van der Waals surface area (Å²) in [6, 6.07) is 24.6. The molecular weight excluding hydrogens is 502 g/mol. The van der Waals surface area contributed by atoms with Gasteiger partial charge < -0.3 is 15.0 Å². The molecule has 3 rings (SSSR count). The lowest BCUT2D eigenvalue weighted by atomic mass is 10.1. The molecule has 0 radical (unpaired) electrons. The van der Waals surface area contributed by atoms with Crippen molar-refractivity contribution in [1.82, 2.24) is 10.2 Å². The van der Waals surface area contributed by atoms with Crippen LogP contribution in [-0.2, 0) is 26.0 Å². The van der Waals surface area contributed by atoms with Crippen molar-refractivity contribution >= 4 is 27.5 Å². The van der Waals surface area contributed by atoms with E-state index in [1.807, 2.05) is 67.6 Å². The average Bonchev–Trinajstić information content (AvgIpc) is 2.91. The van der Waals surface area contributed by atoms with E-state index in [0.29, 0.717) is 30.2 Å². The molecule has 1 atom stereocenters. The van der Waals surface area contributed by atoms with Gasteiger partial charge in [0.25, 0.3) is 0 Å². The zero-order valence-electron chi connectivity index (χ0n) is 22.0. The SMILES string of the molecule is CCCNC(=O)[C@@H](C)N(CCc1ccccc1)C(=O)CN(c1ccc(Oc2ccccc2)cc1)S(C)(=O)=O. The molecular formula is C29H35N3O5S. The summed E-state index contributed by atoms with van der Waals surface area (Å²) in [5.41, 5.74) is 1.34. The number of hydrogen-bond donors (Lipinski definition) is 1. The van der Waals surface area contributed by atoms with Crippen molar-refractivity contribution in [3.05, 3.63) is 90.5 Å². The highest BCUT2D eigenvalue weighted by Crippen LogP contribution is 2.25. The van der Waals surface area contributed by atoms with Gasteiger partial charge in [-0.15, -0.1) is 0 Å². The van der Waals surface area contributed by atoms with Crippen LogP contribution in [0.1, 0.15) is 25.8 Å². The lowest BCUT2D eigenvalue weighted by Crippen LogP contribution is -2.52. The number of hydrogen-bond acceptors (Lipinski definition) is 5. The van der Waals surface area contributed by atoms with Crippen molar-refractivity contribution in [3.63, 3.8) is 0 Å². The van der Waals surface area contributed by atoms with Crippen molar-refractivity contribution in [3.8, 4) is 11.5 Å². The molecule has 0 aromatic heterocycles. The number of carbonyl (C=O) groups excluding carboxylic acids is 2. The third-order valence-corrected chi connectivity index (χ3v) is 7.12. The highest BCUT2D eigenvalue weighted by atomic mass is 32.2. The van der Waals surface area contributed by atoms with E-state index in [1.54, 1.807) is 31.2 Å².